The van der Waals surface area contributed by atoms with Crippen molar-refractivity contribution < 1.29 is 18.7 Å². The van der Waals surface area contributed by atoms with Crippen LogP contribution in [0.3, 0.4) is 0 Å². The Bertz CT molecular complexity index is 723. The van der Waals surface area contributed by atoms with Gasteiger partial charge in [0.05, 0.1) is 7.11 Å². The van der Waals surface area contributed by atoms with Crippen LogP contribution in [0.5, 0.6) is 5.75 Å². The molecule has 0 radical (unpaired) electrons. The van der Waals surface area contributed by atoms with Crippen LogP contribution in [-0.4, -0.2) is 13.1 Å². The van der Waals surface area contributed by atoms with Crippen LogP contribution >= 0.6 is 11.3 Å². The number of fused-ring (bicyclic) bond motifs is 1. The average Bonchev–Trinajstić information content (AvgIpc) is 2.95. The molecule has 1 aromatic carbocycles. The van der Waals surface area contributed by atoms with Gasteiger partial charge in [0.15, 0.2) is 11.6 Å². The minimum atomic E-state index is -0.457. The maximum absolute atomic E-state index is 13.6. The van der Waals surface area contributed by atoms with Crippen molar-refractivity contribution in [3.8, 4) is 5.75 Å². The molecule has 3 nitrogen and oxygen atoms in total. The van der Waals surface area contributed by atoms with Gasteiger partial charge in [-0.25, -0.2) is 9.18 Å². The van der Waals surface area contributed by atoms with Gasteiger partial charge in [0, 0.05) is 4.88 Å². The van der Waals surface area contributed by atoms with Crippen LogP contribution < -0.4 is 4.74 Å². The van der Waals surface area contributed by atoms with Crippen LogP contribution in [0.15, 0.2) is 24.3 Å². The summed E-state index contributed by atoms with van der Waals surface area (Å²) >= 11 is 1.52. The van der Waals surface area contributed by atoms with Crippen molar-refractivity contribution >= 4 is 17.3 Å². The fraction of sp³-hybridized carbons (Fsp3) is 0.389. The first kappa shape index (κ1) is 16.0. The van der Waals surface area contributed by atoms with Crippen LogP contribution in [0.1, 0.15) is 39.0 Å². The molecule has 1 heterocycles. The molecule has 0 fully saturated rings. The summed E-state index contributed by atoms with van der Waals surface area (Å²) in [5.74, 6) is 0.0540. The largest absolute Gasteiger partial charge is 0.494 e. The highest BCUT2D eigenvalue weighted by Gasteiger charge is 2.21. The Hall–Kier alpha value is -1.88. The normalized spacial score (nSPS) is 16.7. The Morgan fingerprint density at radius 3 is 2.96 bits per heavy atom. The molecule has 1 aliphatic rings. The van der Waals surface area contributed by atoms with Gasteiger partial charge >= 0.3 is 5.97 Å². The molecule has 1 atom stereocenters. The van der Waals surface area contributed by atoms with Gasteiger partial charge < -0.3 is 9.47 Å². The minimum Gasteiger partial charge on any atom is -0.494 e. The molecule has 0 amide bonds. The molecule has 2 aromatic rings. The summed E-state index contributed by atoms with van der Waals surface area (Å²) in [5.41, 5.74) is 1.88. The van der Waals surface area contributed by atoms with Crippen molar-refractivity contribution in [3.63, 3.8) is 0 Å². The lowest BCUT2D eigenvalue weighted by Gasteiger charge is -2.16. The standard InChI is InChI=1S/C18H19FO3S/c1-11-3-6-16-13(7-11)9-17(23-16)18(20)22-10-12-4-5-15(21-2)14(19)8-12/h4-5,8-9,11H,3,6-7,10H2,1-2H3. The second kappa shape index (κ2) is 6.71. The fourth-order valence-electron chi connectivity index (χ4n) is 2.83. The van der Waals surface area contributed by atoms with E-state index in [2.05, 4.69) is 6.92 Å². The van der Waals surface area contributed by atoms with E-state index in [1.165, 1.54) is 47.4 Å². The Morgan fingerprint density at radius 1 is 1.39 bits per heavy atom. The number of carbonyl (C=O) groups excluding carboxylic acids is 1. The summed E-state index contributed by atoms with van der Waals surface area (Å²) in [5, 5.41) is 0. The summed E-state index contributed by atoms with van der Waals surface area (Å²) in [6.07, 6.45) is 3.24. The molecule has 0 saturated carbocycles. The first-order valence-electron chi connectivity index (χ1n) is 7.68. The number of esters is 1. The molecule has 3 rings (SSSR count). The predicted octanol–water partition coefficient (Wildman–Crippen LogP) is 4.38. The van der Waals surface area contributed by atoms with E-state index >= 15 is 0 Å². The first-order valence-corrected chi connectivity index (χ1v) is 8.49. The molecule has 0 N–H and O–H groups in total. The van der Waals surface area contributed by atoms with E-state index < -0.39 is 5.82 Å². The van der Waals surface area contributed by atoms with Crippen molar-refractivity contribution in [1.82, 2.24) is 0 Å². The van der Waals surface area contributed by atoms with E-state index in [1.807, 2.05) is 6.07 Å². The predicted molar refractivity (Wildman–Crippen MR) is 87.6 cm³/mol. The molecule has 1 aliphatic carbocycles. The molecule has 1 aromatic heterocycles. The number of rotatable bonds is 4. The third kappa shape index (κ3) is 3.55. The molecule has 0 saturated heterocycles. The van der Waals surface area contributed by atoms with Crippen LogP contribution in [-0.2, 0) is 24.2 Å². The molecule has 122 valence electrons. The van der Waals surface area contributed by atoms with Crippen molar-refractivity contribution in [3.05, 3.63) is 51.0 Å². The van der Waals surface area contributed by atoms with Crippen molar-refractivity contribution in [2.75, 3.05) is 7.11 Å². The number of benzene rings is 1. The number of ether oxygens (including phenoxy) is 2. The molecular formula is C18H19FO3S. The summed E-state index contributed by atoms with van der Waals surface area (Å²) < 4.78 is 23.8. The van der Waals surface area contributed by atoms with Gasteiger partial charge in [0.2, 0.25) is 0 Å². The van der Waals surface area contributed by atoms with Gasteiger partial charge in [-0.3, -0.25) is 0 Å². The third-order valence-electron chi connectivity index (χ3n) is 4.12. The highest BCUT2D eigenvalue weighted by Crippen LogP contribution is 2.32. The Kier molecular flexibility index (Phi) is 4.66. The highest BCUT2D eigenvalue weighted by molar-refractivity contribution is 7.14. The fourth-order valence-corrected chi connectivity index (χ4v) is 3.93. The number of hydrogen-bond donors (Lipinski definition) is 0. The summed E-state index contributed by atoms with van der Waals surface area (Å²) in [7, 11) is 1.41. The molecule has 0 spiro atoms. The molecule has 1 unspecified atom stereocenters. The van der Waals surface area contributed by atoms with E-state index in [1.54, 1.807) is 6.07 Å². The minimum absolute atomic E-state index is 0.0543. The number of hydrogen-bond acceptors (Lipinski definition) is 4. The van der Waals surface area contributed by atoms with Crippen LogP contribution in [0, 0.1) is 11.7 Å². The van der Waals surface area contributed by atoms with Gasteiger partial charge in [-0.05, 0) is 54.5 Å². The van der Waals surface area contributed by atoms with E-state index in [0.29, 0.717) is 16.4 Å². The number of aryl methyl sites for hydroxylation is 1. The van der Waals surface area contributed by atoms with Crippen LogP contribution in [0.2, 0.25) is 0 Å². The number of carbonyl (C=O) groups is 1. The second-order valence-corrected chi connectivity index (χ2v) is 7.09. The number of halogens is 1. The molecule has 23 heavy (non-hydrogen) atoms. The zero-order valence-electron chi connectivity index (χ0n) is 13.2. The maximum atomic E-state index is 13.6. The van der Waals surface area contributed by atoms with E-state index in [0.717, 1.165) is 12.8 Å². The lowest BCUT2D eigenvalue weighted by molar-refractivity contribution is 0.0478. The Balaban J connectivity index is 1.64. The molecule has 0 aliphatic heterocycles. The van der Waals surface area contributed by atoms with Gasteiger partial charge in [-0.15, -0.1) is 11.3 Å². The van der Waals surface area contributed by atoms with E-state index in [-0.39, 0.29) is 18.3 Å². The Labute approximate surface area is 139 Å². The Morgan fingerprint density at radius 2 is 2.22 bits per heavy atom. The monoisotopic (exact) mass is 334 g/mol. The van der Waals surface area contributed by atoms with E-state index in [9.17, 15) is 9.18 Å². The lowest BCUT2D eigenvalue weighted by atomic mass is 9.90. The summed E-state index contributed by atoms with van der Waals surface area (Å²) in [4.78, 5) is 14.1. The van der Waals surface area contributed by atoms with Gasteiger partial charge in [-0.1, -0.05) is 13.0 Å². The van der Waals surface area contributed by atoms with Gasteiger partial charge in [0.25, 0.3) is 0 Å². The zero-order chi connectivity index (χ0) is 16.4. The SMILES string of the molecule is COc1ccc(COC(=O)c2cc3c(s2)CCC(C)C3)cc1F. The molecule has 5 heteroatoms. The average molecular weight is 334 g/mol. The first-order chi connectivity index (χ1) is 11.1. The van der Waals surface area contributed by atoms with Gasteiger partial charge in [0.1, 0.15) is 11.5 Å². The van der Waals surface area contributed by atoms with Crippen LogP contribution in [0.4, 0.5) is 4.39 Å². The van der Waals surface area contributed by atoms with Crippen molar-refractivity contribution in [2.45, 2.75) is 32.8 Å². The smallest absolute Gasteiger partial charge is 0.348 e. The number of methoxy groups -OCH3 is 1. The highest BCUT2D eigenvalue weighted by atomic mass is 32.1. The summed E-state index contributed by atoms with van der Waals surface area (Å²) in [6, 6.07) is 6.50. The number of thiophene rings is 1. The van der Waals surface area contributed by atoms with Gasteiger partial charge in [-0.2, -0.15) is 0 Å². The quantitative estimate of drug-likeness (QED) is 0.779. The second-order valence-electron chi connectivity index (χ2n) is 5.95. The van der Waals surface area contributed by atoms with Crippen molar-refractivity contribution in [2.24, 2.45) is 5.92 Å². The van der Waals surface area contributed by atoms with E-state index in [4.69, 9.17) is 9.47 Å². The zero-order valence-corrected chi connectivity index (χ0v) is 14.0. The van der Waals surface area contributed by atoms with Crippen LogP contribution in [0.25, 0.3) is 0 Å². The third-order valence-corrected chi connectivity index (χ3v) is 5.33. The lowest BCUT2D eigenvalue weighted by Crippen LogP contribution is -2.08. The molecular weight excluding hydrogens is 315 g/mol. The van der Waals surface area contributed by atoms with Crippen molar-refractivity contribution in [1.29, 1.82) is 0 Å². The topological polar surface area (TPSA) is 35.5 Å². The summed E-state index contributed by atoms with van der Waals surface area (Å²) in [6.45, 7) is 2.29. The maximum Gasteiger partial charge on any atom is 0.348 e. The molecule has 0 bridgehead atoms.